The summed E-state index contributed by atoms with van der Waals surface area (Å²) in [5, 5.41) is 2.51. The summed E-state index contributed by atoms with van der Waals surface area (Å²) in [5.74, 6) is -1.06. The lowest BCUT2D eigenvalue weighted by molar-refractivity contribution is -0.120. The smallest absolute Gasteiger partial charge is 0.243 e. The van der Waals surface area contributed by atoms with Crippen LogP contribution in [-0.4, -0.2) is 31.2 Å². The first-order valence-electron chi connectivity index (χ1n) is 8.12. The van der Waals surface area contributed by atoms with Gasteiger partial charge in [-0.25, -0.2) is 12.8 Å². The first kappa shape index (κ1) is 17.6. The van der Waals surface area contributed by atoms with Gasteiger partial charge in [-0.3, -0.25) is 4.79 Å². The minimum absolute atomic E-state index is 0.0510. The van der Waals surface area contributed by atoms with E-state index < -0.39 is 27.8 Å². The molecule has 5 nitrogen and oxygen atoms in total. The zero-order chi connectivity index (χ0) is 17.9. The normalized spacial score (nSPS) is 18.7. The average molecular weight is 362 g/mol. The van der Waals surface area contributed by atoms with E-state index in [4.69, 9.17) is 0 Å². The molecule has 0 saturated carbocycles. The number of nitrogens with one attached hydrogen (secondary N) is 1. The van der Waals surface area contributed by atoms with Crippen LogP contribution < -0.4 is 5.32 Å². The number of amides is 1. The zero-order valence-electron chi connectivity index (χ0n) is 13.6. The second-order valence-electron chi connectivity index (χ2n) is 5.91. The highest BCUT2D eigenvalue weighted by Gasteiger charge is 2.37. The molecule has 0 radical (unpaired) electrons. The third kappa shape index (κ3) is 3.72. The largest absolute Gasteiger partial charge is 0.322 e. The number of halogens is 1. The van der Waals surface area contributed by atoms with Crippen LogP contribution in [0, 0.1) is 5.82 Å². The molecule has 1 atom stereocenters. The van der Waals surface area contributed by atoms with E-state index in [1.807, 2.05) is 0 Å². The van der Waals surface area contributed by atoms with E-state index in [1.54, 1.807) is 24.3 Å². The summed E-state index contributed by atoms with van der Waals surface area (Å²) < 4.78 is 40.8. The molecule has 1 amide bonds. The Labute approximate surface area is 146 Å². The Bertz CT molecular complexity index is 856. The molecule has 0 aliphatic carbocycles. The van der Waals surface area contributed by atoms with Crippen molar-refractivity contribution >= 4 is 21.6 Å². The standard InChI is InChI=1S/C18H19FN2O3S/c19-15-10-4-5-11-16(15)20-18(22)17-12-6-7-13-21(17)25(23,24)14-8-2-1-3-9-14/h1-5,8-11,17H,6-7,12-13H2,(H,20,22). The van der Waals surface area contributed by atoms with Gasteiger partial charge in [0.15, 0.2) is 0 Å². The van der Waals surface area contributed by atoms with Crippen LogP contribution in [0.4, 0.5) is 10.1 Å². The van der Waals surface area contributed by atoms with Crippen molar-refractivity contribution in [2.75, 3.05) is 11.9 Å². The fourth-order valence-electron chi connectivity index (χ4n) is 2.96. The number of benzene rings is 2. The first-order chi connectivity index (χ1) is 12.0. The molecule has 1 N–H and O–H groups in total. The number of hydrogen-bond acceptors (Lipinski definition) is 3. The predicted octanol–water partition coefficient (Wildman–Crippen LogP) is 3.01. The maximum Gasteiger partial charge on any atom is 0.243 e. The van der Waals surface area contributed by atoms with E-state index in [0.717, 1.165) is 6.42 Å². The SMILES string of the molecule is O=C(Nc1ccccc1F)C1CCCCN1S(=O)(=O)c1ccccc1. The number of rotatable bonds is 4. The number of sulfonamides is 1. The lowest BCUT2D eigenvalue weighted by Crippen LogP contribution is -2.49. The minimum atomic E-state index is -3.78. The molecule has 0 spiro atoms. The van der Waals surface area contributed by atoms with Gasteiger partial charge in [-0.05, 0) is 37.1 Å². The van der Waals surface area contributed by atoms with Crippen LogP contribution in [0.3, 0.4) is 0 Å². The van der Waals surface area contributed by atoms with Crippen molar-refractivity contribution < 1.29 is 17.6 Å². The van der Waals surface area contributed by atoms with Crippen molar-refractivity contribution in [1.29, 1.82) is 0 Å². The lowest BCUT2D eigenvalue weighted by Gasteiger charge is -2.33. The molecule has 1 unspecified atom stereocenters. The van der Waals surface area contributed by atoms with Gasteiger partial charge in [-0.15, -0.1) is 0 Å². The van der Waals surface area contributed by atoms with Gasteiger partial charge in [-0.1, -0.05) is 36.8 Å². The van der Waals surface area contributed by atoms with Gasteiger partial charge < -0.3 is 5.32 Å². The Balaban J connectivity index is 1.86. The van der Waals surface area contributed by atoms with Crippen LogP contribution in [0.15, 0.2) is 59.5 Å². The number of carbonyl (C=O) groups excluding carboxylic acids is 1. The number of hydrogen-bond donors (Lipinski definition) is 1. The highest BCUT2D eigenvalue weighted by molar-refractivity contribution is 7.89. The maximum atomic E-state index is 13.8. The third-order valence-electron chi connectivity index (χ3n) is 4.24. The van der Waals surface area contributed by atoms with E-state index in [0.29, 0.717) is 12.8 Å². The zero-order valence-corrected chi connectivity index (χ0v) is 14.4. The topological polar surface area (TPSA) is 66.5 Å². The van der Waals surface area contributed by atoms with E-state index in [9.17, 15) is 17.6 Å². The Morgan fingerprint density at radius 1 is 1.04 bits per heavy atom. The Morgan fingerprint density at radius 3 is 2.44 bits per heavy atom. The van der Waals surface area contributed by atoms with Gasteiger partial charge in [-0.2, -0.15) is 4.31 Å². The van der Waals surface area contributed by atoms with Crippen molar-refractivity contribution in [2.45, 2.75) is 30.2 Å². The van der Waals surface area contributed by atoms with Crippen LogP contribution in [-0.2, 0) is 14.8 Å². The second kappa shape index (κ2) is 7.33. The van der Waals surface area contributed by atoms with Gasteiger partial charge in [0.05, 0.1) is 10.6 Å². The summed E-state index contributed by atoms with van der Waals surface area (Å²) >= 11 is 0. The van der Waals surface area contributed by atoms with E-state index in [1.165, 1.54) is 34.6 Å². The number of para-hydroxylation sites is 1. The van der Waals surface area contributed by atoms with Gasteiger partial charge >= 0.3 is 0 Å². The Morgan fingerprint density at radius 2 is 1.72 bits per heavy atom. The molecule has 1 heterocycles. The second-order valence-corrected chi connectivity index (χ2v) is 7.80. The molecule has 1 aliphatic heterocycles. The molecule has 2 aromatic carbocycles. The van der Waals surface area contributed by atoms with Gasteiger partial charge in [0.25, 0.3) is 0 Å². The van der Waals surface area contributed by atoms with Crippen LogP contribution in [0.1, 0.15) is 19.3 Å². The molecule has 7 heteroatoms. The highest BCUT2D eigenvalue weighted by atomic mass is 32.2. The molecule has 0 bridgehead atoms. The summed E-state index contributed by atoms with van der Waals surface area (Å²) in [6.45, 7) is 0.270. The molecule has 3 rings (SSSR count). The van der Waals surface area contributed by atoms with Crippen LogP contribution in [0.5, 0.6) is 0 Å². The monoisotopic (exact) mass is 362 g/mol. The molecule has 0 aromatic heterocycles. The van der Waals surface area contributed by atoms with E-state index >= 15 is 0 Å². The van der Waals surface area contributed by atoms with Gasteiger partial charge in [0.1, 0.15) is 11.9 Å². The summed E-state index contributed by atoms with van der Waals surface area (Å²) in [5.41, 5.74) is 0.0510. The molecule has 132 valence electrons. The van der Waals surface area contributed by atoms with Crippen molar-refractivity contribution in [3.8, 4) is 0 Å². The molecule has 25 heavy (non-hydrogen) atoms. The summed E-state index contributed by atoms with van der Waals surface area (Å²) in [6, 6.07) is 13.0. The van der Waals surface area contributed by atoms with Crippen LogP contribution in [0.25, 0.3) is 0 Å². The average Bonchev–Trinajstić information content (AvgIpc) is 2.64. The molecule has 1 aliphatic rings. The first-order valence-corrected chi connectivity index (χ1v) is 9.56. The van der Waals surface area contributed by atoms with Crippen LogP contribution in [0.2, 0.25) is 0 Å². The molecular weight excluding hydrogens is 343 g/mol. The van der Waals surface area contributed by atoms with Crippen molar-refractivity contribution in [3.63, 3.8) is 0 Å². The Kier molecular flexibility index (Phi) is 5.15. The van der Waals surface area contributed by atoms with E-state index in [2.05, 4.69) is 5.32 Å². The molecule has 1 fully saturated rings. The summed E-state index contributed by atoms with van der Waals surface area (Å²) in [7, 11) is -3.78. The minimum Gasteiger partial charge on any atom is -0.322 e. The van der Waals surface area contributed by atoms with Crippen molar-refractivity contribution in [1.82, 2.24) is 4.31 Å². The predicted molar refractivity (Wildman–Crippen MR) is 93.0 cm³/mol. The summed E-state index contributed by atoms with van der Waals surface area (Å²) in [6.07, 6.45) is 1.85. The fraction of sp³-hybridized carbons (Fsp3) is 0.278. The molecule has 2 aromatic rings. The van der Waals surface area contributed by atoms with Gasteiger partial charge in [0, 0.05) is 6.54 Å². The molecule has 1 saturated heterocycles. The number of nitrogens with zero attached hydrogens (tertiary/aromatic N) is 1. The number of carbonyl (C=O) groups is 1. The fourth-order valence-corrected chi connectivity index (χ4v) is 4.64. The number of anilines is 1. The Hall–Kier alpha value is -2.25. The quantitative estimate of drug-likeness (QED) is 0.909. The lowest BCUT2D eigenvalue weighted by atomic mass is 10.0. The van der Waals surface area contributed by atoms with Crippen LogP contribution >= 0.6 is 0 Å². The summed E-state index contributed by atoms with van der Waals surface area (Å²) in [4.78, 5) is 12.8. The third-order valence-corrected chi connectivity index (χ3v) is 6.16. The van der Waals surface area contributed by atoms with Gasteiger partial charge in [0.2, 0.25) is 15.9 Å². The van der Waals surface area contributed by atoms with Crippen molar-refractivity contribution in [3.05, 3.63) is 60.4 Å². The molecular formula is C18H19FN2O3S. The maximum absolute atomic E-state index is 13.8. The number of piperidine rings is 1. The van der Waals surface area contributed by atoms with E-state index in [-0.39, 0.29) is 17.1 Å². The highest BCUT2D eigenvalue weighted by Crippen LogP contribution is 2.26. The van der Waals surface area contributed by atoms with Crippen molar-refractivity contribution in [2.24, 2.45) is 0 Å².